The van der Waals surface area contributed by atoms with Crippen molar-refractivity contribution in [3.63, 3.8) is 0 Å². The van der Waals surface area contributed by atoms with Crippen LogP contribution in [0.15, 0.2) is 67.9 Å². The molecule has 2 aromatic carbocycles. The van der Waals surface area contributed by atoms with Crippen LogP contribution in [-0.2, 0) is 18.4 Å². The number of nitrogens with zero attached hydrogens (tertiary/aromatic N) is 6. The summed E-state index contributed by atoms with van der Waals surface area (Å²) in [6.45, 7) is 5.96. The van der Waals surface area contributed by atoms with Crippen molar-refractivity contribution in [3.8, 4) is 5.69 Å². The molecule has 0 saturated heterocycles. The fourth-order valence-electron chi connectivity index (χ4n) is 3.24. The molecule has 32 heavy (non-hydrogen) atoms. The maximum absolute atomic E-state index is 12.3. The van der Waals surface area contributed by atoms with Crippen LogP contribution < -0.4 is 5.69 Å². The predicted octanol–water partition coefficient (Wildman–Crippen LogP) is 3.77. The van der Waals surface area contributed by atoms with Gasteiger partial charge in [0, 0.05) is 24.4 Å². The van der Waals surface area contributed by atoms with Gasteiger partial charge >= 0.3 is 5.69 Å². The lowest BCUT2D eigenvalue weighted by Gasteiger charge is -2.13. The van der Waals surface area contributed by atoms with Crippen molar-refractivity contribution in [2.45, 2.75) is 33.8 Å². The van der Waals surface area contributed by atoms with Crippen LogP contribution in [0.25, 0.3) is 16.7 Å². The maximum Gasteiger partial charge on any atom is 0.368 e. The highest BCUT2D eigenvalue weighted by Crippen LogP contribution is 2.20. The third-order valence-electron chi connectivity index (χ3n) is 5.11. The number of aryl methyl sites for hydroxylation is 2. The minimum Gasteiger partial charge on any atom is -0.475 e. The van der Waals surface area contributed by atoms with Gasteiger partial charge in [0.05, 0.1) is 5.69 Å². The van der Waals surface area contributed by atoms with Gasteiger partial charge in [-0.05, 0) is 48.0 Å². The van der Waals surface area contributed by atoms with Gasteiger partial charge in [-0.3, -0.25) is 0 Å². The van der Waals surface area contributed by atoms with Gasteiger partial charge in [-0.15, -0.1) is 10.2 Å². The molecule has 2 aromatic heterocycles. The minimum absolute atomic E-state index is 0.219. The van der Waals surface area contributed by atoms with Gasteiger partial charge in [0.15, 0.2) is 5.76 Å². The molecule has 0 unspecified atom stereocenters. The van der Waals surface area contributed by atoms with Gasteiger partial charge in [0.25, 0.3) is 0 Å². The summed E-state index contributed by atoms with van der Waals surface area (Å²) in [6, 6.07) is 15.4. The Balaban J connectivity index is 1.56. The maximum atomic E-state index is 12.3. The molecule has 0 radical (unpaired) electrons. The van der Waals surface area contributed by atoms with E-state index in [0.29, 0.717) is 29.5 Å². The van der Waals surface area contributed by atoms with Crippen LogP contribution in [0.1, 0.15) is 37.2 Å². The lowest BCUT2D eigenvalue weighted by atomic mass is 10.1. The first-order chi connectivity index (χ1) is 15.5. The number of furan rings is 1. The van der Waals surface area contributed by atoms with Crippen molar-refractivity contribution >= 4 is 22.6 Å². The first-order valence-corrected chi connectivity index (χ1v) is 10.3. The summed E-state index contributed by atoms with van der Waals surface area (Å²) in [6.07, 6.45) is 0.559. The van der Waals surface area contributed by atoms with Crippen LogP contribution in [0.4, 0.5) is 0 Å². The van der Waals surface area contributed by atoms with E-state index in [4.69, 9.17) is 9.15 Å². The molecule has 0 amide bonds. The van der Waals surface area contributed by atoms with Gasteiger partial charge < -0.3 is 9.15 Å². The van der Waals surface area contributed by atoms with Crippen molar-refractivity contribution in [2.75, 3.05) is 0 Å². The van der Waals surface area contributed by atoms with E-state index in [2.05, 4.69) is 20.6 Å². The number of hydrogen-bond acceptors (Lipinski definition) is 7. The van der Waals surface area contributed by atoms with E-state index in [1.165, 1.54) is 9.36 Å². The fourth-order valence-corrected chi connectivity index (χ4v) is 3.24. The second-order valence-corrected chi connectivity index (χ2v) is 7.34. The molecular formula is C23H24N6O3. The highest BCUT2D eigenvalue weighted by molar-refractivity contribution is 5.99. The van der Waals surface area contributed by atoms with E-state index in [1.807, 2.05) is 69.3 Å². The standard InChI is InChI=1S/C23H24N6O3/c1-5-22(25-24-16(3)21-13-17-10-6-7-12-20(17)32-21)31-14-18-15(2)9-8-11-19(18)29-23(30)28(4)26-27-29/h6-13H,5,14H2,1-4H3/b24-16+,25-22+. The number of tetrazole rings is 1. The molecule has 9 nitrogen and oxygen atoms in total. The van der Waals surface area contributed by atoms with Gasteiger partial charge in [-0.1, -0.05) is 37.3 Å². The molecular weight excluding hydrogens is 408 g/mol. The number of fused-ring (bicyclic) bond motifs is 1. The Kier molecular flexibility index (Phi) is 5.98. The lowest BCUT2D eigenvalue weighted by Crippen LogP contribution is -2.23. The summed E-state index contributed by atoms with van der Waals surface area (Å²) in [5.41, 5.74) is 3.55. The van der Waals surface area contributed by atoms with Gasteiger partial charge in [-0.2, -0.15) is 9.36 Å². The normalized spacial score (nSPS) is 12.5. The summed E-state index contributed by atoms with van der Waals surface area (Å²) >= 11 is 0. The zero-order valence-electron chi connectivity index (χ0n) is 18.4. The number of rotatable bonds is 6. The molecule has 2 heterocycles. The Hall–Kier alpha value is -4.01. The van der Waals surface area contributed by atoms with Crippen LogP contribution in [0.3, 0.4) is 0 Å². The summed E-state index contributed by atoms with van der Waals surface area (Å²) in [7, 11) is 1.56. The van der Waals surface area contributed by atoms with Crippen LogP contribution in [-0.4, -0.2) is 31.4 Å². The number of para-hydroxylation sites is 1. The monoisotopic (exact) mass is 432 g/mol. The fraction of sp³-hybridized carbons (Fsp3) is 0.261. The average molecular weight is 432 g/mol. The predicted molar refractivity (Wildman–Crippen MR) is 122 cm³/mol. The molecule has 4 rings (SSSR count). The molecule has 0 atom stereocenters. The summed E-state index contributed by atoms with van der Waals surface area (Å²) in [5, 5.41) is 17.3. The molecule has 0 fully saturated rings. The zero-order chi connectivity index (χ0) is 22.7. The lowest BCUT2D eigenvalue weighted by molar-refractivity contribution is 0.282. The van der Waals surface area contributed by atoms with E-state index in [-0.39, 0.29) is 12.3 Å². The summed E-state index contributed by atoms with van der Waals surface area (Å²) < 4.78 is 14.2. The van der Waals surface area contributed by atoms with E-state index in [1.54, 1.807) is 7.05 Å². The number of aromatic nitrogens is 4. The minimum atomic E-state index is -0.327. The van der Waals surface area contributed by atoms with Crippen molar-refractivity contribution in [1.82, 2.24) is 19.8 Å². The molecule has 0 spiro atoms. The third kappa shape index (κ3) is 4.22. The van der Waals surface area contributed by atoms with Gasteiger partial charge in [0.1, 0.15) is 17.9 Å². The zero-order valence-corrected chi connectivity index (χ0v) is 18.4. The van der Waals surface area contributed by atoms with Crippen molar-refractivity contribution < 1.29 is 9.15 Å². The Morgan fingerprint density at radius 3 is 2.66 bits per heavy atom. The van der Waals surface area contributed by atoms with Gasteiger partial charge in [0.2, 0.25) is 5.90 Å². The van der Waals surface area contributed by atoms with Crippen molar-refractivity contribution in [3.05, 3.63) is 75.9 Å². The Bertz CT molecular complexity index is 1340. The smallest absolute Gasteiger partial charge is 0.368 e. The van der Waals surface area contributed by atoms with Crippen molar-refractivity contribution in [2.24, 2.45) is 17.3 Å². The number of hydrogen-bond donors (Lipinski definition) is 0. The van der Waals surface area contributed by atoms with Crippen molar-refractivity contribution in [1.29, 1.82) is 0 Å². The van der Waals surface area contributed by atoms with E-state index in [0.717, 1.165) is 22.1 Å². The number of benzene rings is 2. The molecule has 0 N–H and O–H groups in total. The van der Waals surface area contributed by atoms with Crippen LogP contribution in [0.2, 0.25) is 0 Å². The first kappa shape index (κ1) is 21.2. The van der Waals surface area contributed by atoms with Crippen LogP contribution >= 0.6 is 0 Å². The topological polar surface area (TPSA) is 99.8 Å². The third-order valence-corrected chi connectivity index (χ3v) is 5.11. The Morgan fingerprint density at radius 2 is 1.94 bits per heavy atom. The van der Waals surface area contributed by atoms with E-state index in [9.17, 15) is 4.79 Å². The molecule has 9 heteroatoms. The molecule has 0 aliphatic rings. The second kappa shape index (κ2) is 9.01. The molecule has 0 aliphatic carbocycles. The highest BCUT2D eigenvalue weighted by atomic mass is 16.5. The summed E-state index contributed by atoms with van der Waals surface area (Å²) in [5.74, 6) is 1.13. The summed E-state index contributed by atoms with van der Waals surface area (Å²) in [4.78, 5) is 12.3. The highest BCUT2D eigenvalue weighted by Gasteiger charge is 2.14. The van der Waals surface area contributed by atoms with Crippen LogP contribution in [0.5, 0.6) is 0 Å². The molecule has 0 saturated carbocycles. The van der Waals surface area contributed by atoms with E-state index >= 15 is 0 Å². The quantitative estimate of drug-likeness (QED) is 0.262. The Morgan fingerprint density at radius 1 is 1.12 bits per heavy atom. The molecule has 0 bridgehead atoms. The van der Waals surface area contributed by atoms with Gasteiger partial charge in [-0.25, -0.2) is 4.79 Å². The first-order valence-electron chi connectivity index (χ1n) is 10.3. The molecule has 0 aliphatic heterocycles. The Labute approximate surface area is 184 Å². The molecule has 164 valence electrons. The second-order valence-electron chi connectivity index (χ2n) is 7.34. The largest absolute Gasteiger partial charge is 0.475 e. The average Bonchev–Trinajstić information content (AvgIpc) is 3.38. The van der Waals surface area contributed by atoms with E-state index < -0.39 is 0 Å². The SMILES string of the molecule is CC/C(=N\N=C(/C)c1cc2ccccc2o1)OCc1c(C)cccc1-n1nnn(C)c1=O. The molecule has 4 aromatic rings. The number of ether oxygens (including phenoxy) is 1. The van der Waals surface area contributed by atoms with Crippen LogP contribution in [0, 0.1) is 6.92 Å².